The summed E-state index contributed by atoms with van der Waals surface area (Å²) in [5.41, 5.74) is 19.5. The Morgan fingerprint density at radius 1 is 1.06 bits per heavy atom. The Hall–Kier alpha value is -2.38. The molecule has 1 aliphatic rings. The number of hydrogen-bond acceptors (Lipinski definition) is 7. The Morgan fingerprint density at radius 3 is 2.20 bits per heavy atom. The summed E-state index contributed by atoms with van der Waals surface area (Å²) in [7, 11) is 0. The summed E-state index contributed by atoms with van der Waals surface area (Å²) >= 11 is 0. The lowest BCUT2D eigenvalue weighted by Crippen LogP contribution is -2.63. The molecule has 4 atom stereocenters. The Morgan fingerprint density at radius 2 is 1.69 bits per heavy atom. The maximum atomic E-state index is 13.7. The molecule has 4 amide bonds. The number of likely N-dealkylation sites (tertiary alicyclic amines) is 1. The molecule has 202 valence electrons. The van der Waals surface area contributed by atoms with Crippen molar-refractivity contribution in [2.45, 2.75) is 88.9 Å². The minimum Gasteiger partial charge on any atom is -0.368 e. The van der Waals surface area contributed by atoms with Crippen molar-refractivity contribution in [1.82, 2.24) is 15.5 Å². The van der Waals surface area contributed by atoms with Gasteiger partial charge in [-0.1, -0.05) is 13.8 Å². The zero-order chi connectivity index (χ0) is 26.8. The maximum Gasteiger partial charge on any atom is 0.265 e. The molecule has 0 saturated carbocycles. The molecule has 0 unspecified atom stereocenters. The summed E-state index contributed by atoms with van der Waals surface area (Å²) in [6.45, 7) is 4.11. The molecular formula is C22H41F2N7O4. The van der Waals surface area contributed by atoms with Gasteiger partial charge in [-0.3, -0.25) is 19.2 Å². The minimum absolute atomic E-state index is 0.0745. The number of carbonyl (C=O) groups excluding carboxylic acids is 4. The smallest absolute Gasteiger partial charge is 0.265 e. The Kier molecular flexibility index (Phi) is 12.5. The molecule has 1 aliphatic heterocycles. The molecule has 10 N–H and O–H groups in total. The standard InChI is InChI=1S/C22H41F2N7O4/c1-13(2)16(17(27)32)30-18(33)15-8-5-12-31(15)19(34)14(7-3-4-10-25)29-21(35)22(28,20(23)24)9-6-11-26/h13-16,20H,3-12,25-26,28H2,1-2H3,(H2,27,32)(H,29,35)(H,30,33)/t14-,15-,16-,22-/m0/s1. The van der Waals surface area contributed by atoms with Crippen LogP contribution in [0.5, 0.6) is 0 Å². The van der Waals surface area contributed by atoms with Gasteiger partial charge in [0.25, 0.3) is 6.43 Å². The van der Waals surface area contributed by atoms with Crippen molar-refractivity contribution < 1.29 is 28.0 Å². The van der Waals surface area contributed by atoms with Gasteiger partial charge >= 0.3 is 0 Å². The second-order valence-corrected chi connectivity index (χ2v) is 9.37. The van der Waals surface area contributed by atoms with E-state index in [1.54, 1.807) is 13.8 Å². The van der Waals surface area contributed by atoms with Crippen LogP contribution in [0, 0.1) is 5.92 Å². The number of rotatable bonds is 15. The molecule has 0 spiro atoms. The molecule has 1 saturated heterocycles. The molecule has 0 aromatic carbocycles. The van der Waals surface area contributed by atoms with E-state index < -0.39 is 53.7 Å². The van der Waals surface area contributed by atoms with Crippen LogP contribution in [0.15, 0.2) is 0 Å². The van der Waals surface area contributed by atoms with Gasteiger partial charge in [0, 0.05) is 6.54 Å². The number of primary amides is 1. The number of hydrogen-bond donors (Lipinski definition) is 6. The summed E-state index contributed by atoms with van der Waals surface area (Å²) < 4.78 is 27.4. The topological polar surface area (TPSA) is 200 Å². The SMILES string of the molecule is CC(C)[C@H](NC(=O)[C@@H]1CCCN1C(=O)[C@H](CCCCN)NC(=O)[C@](N)(CCCN)C(F)F)C(N)=O. The van der Waals surface area contributed by atoms with Gasteiger partial charge in [-0.05, 0) is 64.0 Å². The maximum absolute atomic E-state index is 13.7. The fourth-order valence-corrected chi connectivity index (χ4v) is 4.08. The van der Waals surface area contributed by atoms with Gasteiger partial charge in [0.2, 0.25) is 23.6 Å². The zero-order valence-corrected chi connectivity index (χ0v) is 20.6. The lowest BCUT2D eigenvalue weighted by molar-refractivity contribution is -0.144. The monoisotopic (exact) mass is 505 g/mol. The zero-order valence-electron chi connectivity index (χ0n) is 20.6. The molecule has 0 bridgehead atoms. The highest BCUT2D eigenvalue weighted by Gasteiger charge is 2.45. The van der Waals surface area contributed by atoms with Gasteiger partial charge in [0.1, 0.15) is 18.1 Å². The van der Waals surface area contributed by atoms with E-state index in [4.69, 9.17) is 22.9 Å². The molecule has 0 aromatic rings. The molecule has 1 fully saturated rings. The molecule has 1 heterocycles. The number of unbranched alkanes of at least 4 members (excludes halogenated alkanes) is 1. The fraction of sp³-hybridized carbons (Fsp3) is 0.818. The number of halogens is 2. The number of nitrogens with zero attached hydrogens (tertiary/aromatic N) is 1. The quantitative estimate of drug-likeness (QED) is 0.152. The summed E-state index contributed by atoms with van der Waals surface area (Å²) in [6.07, 6.45) is -1.42. The van der Waals surface area contributed by atoms with Crippen LogP contribution in [-0.2, 0) is 19.2 Å². The lowest BCUT2D eigenvalue weighted by Gasteiger charge is -2.33. The second-order valence-electron chi connectivity index (χ2n) is 9.37. The van der Waals surface area contributed by atoms with E-state index in [1.165, 1.54) is 4.90 Å². The van der Waals surface area contributed by atoms with Crippen LogP contribution in [0.4, 0.5) is 8.78 Å². The van der Waals surface area contributed by atoms with Crippen molar-refractivity contribution in [2.75, 3.05) is 19.6 Å². The van der Waals surface area contributed by atoms with Crippen molar-refractivity contribution in [1.29, 1.82) is 0 Å². The molecule has 0 aromatic heterocycles. The largest absolute Gasteiger partial charge is 0.368 e. The van der Waals surface area contributed by atoms with Gasteiger partial charge in [-0.2, -0.15) is 0 Å². The van der Waals surface area contributed by atoms with Gasteiger partial charge in [0.15, 0.2) is 5.54 Å². The second kappa shape index (κ2) is 14.2. The number of amides is 4. The third-order valence-electron chi connectivity index (χ3n) is 6.27. The van der Waals surface area contributed by atoms with Crippen LogP contribution in [0.25, 0.3) is 0 Å². The van der Waals surface area contributed by atoms with E-state index in [2.05, 4.69) is 10.6 Å². The first-order valence-corrected chi connectivity index (χ1v) is 12.1. The number of nitrogens with one attached hydrogen (secondary N) is 2. The summed E-state index contributed by atoms with van der Waals surface area (Å²) in [5, 5.41) is 4.99. The fourth-order valence-electron chi connectivity index (χ4n) is 4.08. The average molecular weight is 506 g/mol. The van der Waals surface area contributed by atoms with E-state index in [-0.39, 0.29) is 38.3 Å². The lowest BCUT2D eigenvalue weighted by atomic mass is 9.93. The minimum atomic E-state index is -3.17. The summed E-state index contributed by atoms with van der Waals surface area (Å²) in [6, 6.07) is -2.96. The van der Waals surface area contributed by atoms with E-state index in [0.717, 1.165) is 0 Å². The third-order valence-corrected chi connectivity index (χ3v) is 6.27. The van der Waals surface area contributed by atoms with E-state index in [1.807, 2.05) is 0 Å². The Labute approximate surface area is 205 Å². The highest BCUT2D eigenvalue weighted by Crippen LogP contribution is 2.23. The summed E-state index contributed by atoms with van der Waals surface area (Å²) in [5.74, 6) is -3.22. The van der Waals surface area contributed by atoms with Crippen molar-refractivity contribution in [3.05, 3.63) is 0 Å². The van der Waals surface area contributed by atoms with Gasteiger partial charge in [-0.25, -0.2) is 8.78 Å². The molecular weight excluding hydrogens is 464 g/mol. The van der Waals surface area contributed by atoms with E-state index in [9.17, 15) is 28.0 Å². The predicted molar refractivity (Wildman–Crippen MR) is 127 cm³/mol. The van der Waals surface area contributed by atoms with Crippen LogP contribution in [-0.4, -0.2) is 78.3 Å². The van der Waals surface area contributed by atoms with Gasteiger partial charge in [-0.15, -0.1) is 0 Å². The van der Waals surface area contributed by atoms with E-state index in [0.29, 0.717) is 32.2 Å². The average Bonchev–Trinajstić information content (AvgIpc) is 3.29. The van der Waals surface area contributed by atoms with Crippen molar-refractivity contribution in [3.8, 4) is 0 Å². The number of nitrogens with two attached hydrogens (primary N) is 4. The van der Waals surface area contributed by atoms with Crippen LogP contribution in [0.2, 0.25) is 0 Å². The first kappa shape index (κ1) is 30.7. The first-order valence-electron chi connectivity index (χ1n) is 12.1. The molecule has 1 rings (SSSR count). The van der Waals surface area contributed by atoms with Crippen LogP contribution in [0.3, 0.4) is 0 Å². The highest BCUT2D eigenvalue weighted by atomic mass is 19.3. The van der Waals surface area contributed by atoms with Gasteiger partial charge in [0.05, 0.1) is 0 Å². The third kappa shape index (κ3) is 8.36. The van der Waals surface area contributed by atoms with Crippen LogP contribution in [0.1, 0.15) is 58.8 Å². The normalized spacial score (nSPS) is 19.3. The van der Waals surface area contributed by atoms with Crippen LogP contribution >= 0.6 is 0 Å². The number of carbonyl (C=O) groups is 4. The van der Waals surface area contributed by atoms with Gasteiger partial charge < -0.3 is 38.5 Å². The number of alkyl halides is 2. The molecule has 11 nitrogen and oxygen atoms in total. The van der Waals surface area contributed by atoms with Crippen molar-refractivity contribution >= 4 is 23.6 Å². The van der Waals surface area contributed by atoms with Crippen molar-refractivity contribution in [2.24, 2.45) is 28.9 Å². The molecule has 0 aliphatic carbocycles. The Balaban J connectivity index is 3.09. The van der Waals surface area contributed by atoms with E-state index >= 15 is 0 Å². The predicted octanol–water partition coefficient (Wildman–Crippen LogP) is -1.08. The van der Waals surface area contributed by atoms with Crippen LogP contribution < -0.4 is 33.6 Å². The van der Waals surface area contributed by atoms with Crippen molar-refractivity contribution in [3.63, 3.8) is 0 Å². The first-order chi connectivity index (χ1) is 16.4. The molecule has 0 radical (unpaired) electrons. The Bertz CT molecular complexity index is 741. The highest BCUT2D eigenvalue weighted by molar-refractivity contribution is 5.96. The summed E-state index contributed by atoms with van der Waals surface area (Å²) in [4.78, 5) is 52.1. The molecule has 13 heteroatoms. The molecule has 35 heavy (non-hydrogen) atoms.